The first-order valence-corrected chi connectivity index (χ1v) is 10.1. The number of carbonyl (C=O) groups is 2. The fourth-order valence-electron chi connectivity index (χ4n) is 2.85. The Kier molecular flexibility index (Phi) is 6.71. The molecule has 2 aromatic carbocycles. The second-order valence-electron chi connectivity index (χ2n) is 7.45. The van der Waals surface area contributed by atoms with Gasteiger partial charge in [0.05, 0.1) is 0 Å². The smallest absolute Gasteiger partial charge is 0.326 e. The lowest BCUT2D eigenvalue weighted by Crippen LogP contribution is -2.39. The molecule has 0 heterocycles. The number of aryl methyl sites for hydroxylation is 2. The molecule has 2 aromatic rings. The lowest BCUT2D eigenvalue weighted by Gasteiger charge is -2.26. The number of hydrogen-bond donors (Lipinski definition) is 0. The van der Waals surface area contributed by atoms with Crippen LogP contribution in [-0.2, 0) is 9.53 Å². The Morgan fingerprint density at radius 3 is 2.19 bits per heavy atom. The monoisotopic (exact) mass is 385 g/mol. The molecule has 0 spiro atoms. The van der Waals surface area contributed by atoms with Gasteiger partial charge in [-0.15, -0.1) is 11.8 Å². The van der Waals surface area contributed by atoms with Gasteiger partial charge in [0.25, 0.3) is 5.91 Å². The third kappa shape index (κ3) is 5.60. The van der Waals surface area contributed by atoms with E-state index in [1.165, 1.54) is 4.90 Å². The molecule has 0 aliphatic heterocycles. The van der Waals surface area contributed by atoms with Crippen molar-refractivity contribution in [1.29, 1.82) is 0 Å². The molecular formula is C22H27NO3S. The van der Waals surface area contributed by atoms with Crippen LogP contribution in [-0.4, -0.2) is 30.3 Å². The summed E-state index contributed by atoms with van der Waals surface area (Å²) in [5.41, 5.74) is 2.47. The van der Waals surface area contributed by atoms with E-state index in [1.807, 2.05) is 83.3 Å². The average molecular weight is 386 g/mol. The van der Waals surface area contributed by atoms with Gasteiger partial charge in [-0.05, 0) is 70.2 Å². The van der Waals surface area contributed by atoms with Crippen molar-refractivity contribution in [2.45, 2.75) is 45.1 Å². The molecular weight excluding hydrogens is 358 g/mol. The van der Waals surface area contributed by atoms with E-state index < -0.39 is 11.6 Å². The number of thioether (sulfide) groups is 1. The maximum atomic E-state index is 13.4. The summed E-state index contributed by atoms with van der Waals surface area (Å²) >= 11 is 1.59. The van der Waals surface area contributed by atoms with Crippen LogP contribution in [0.4, 0.5) is 5.69 Å². The molecule has 1 amide bonds. The first kappa shape index (κ1) is 21.0. The maximum Gasteiger partial charge on any atom is 0.326 e. The van der Waals surface area contributed by atoms with Crippen molar-refractivity contribution in [3.8, 4) is 0 Å². The second kappa shape index (κ2) is 8.61. The summed E-state index contributed by atoms with van der Waals surface area (Å²) in [5, 5.41) is 0. The minimum Gasteiger partial charge on any atom is -0.459 e. The van der Waals surface area contributed by atoms with Crippen LogP contribution in [0, 0.1) is 13.8 Å². The summed E-state index contributed by atoms with van der Waals surface area (Å²) in [7, 11) is 0. The van der Waals surface area contributed by atoms with Crippen LogP contribution in [0.3, 0.4) is 0 Å². The molecule has 0 bridgehead atoms. The highest BCUT2D eigenvalue weighted by Crippen LogP contribution is 2.26. The van der Waals surface area contributed by atoms with Crippen molar-refractivity contribution in [2.75, 3.05) is 17.7 Å². The van der Waals surface area contributed by atoms with Crippen LogP contribution in [0.1, 0.15) is 42.3 Å². The van der Waals surface area contributed by atoms with E-state index in [0.717, 1.165) is 16.0 Å². The highest BCUT2D eigenvalue weighted by molar-refractivity contribution is 7.98. The predicted molar refractivity (Wildman–Crippen MR) is 112 cm³/mol. The Balaban J connectivity index is 2.45. The zero-order valence-corrected chi connectivity index (χ0v) is 17.6. The summed E-state index contributed by atoms with van der Waals surface area (Å²) in [5.74, 6) is -0.633. The molecule has 0 saturated heterocycles. The van der Waals surface area contributed by atoms with E-state index in [2.05, 4.69) is 0 Å². The zero-order chi connectivity index (χ0) is 20.2. The Morgan fingerprint density at radius 1 is 1.04 bits per heavy atom. The molecule has 2 rings (SSSR count). The quantitative estimate of drug-likeness (QED) is 0.536. The van der Waals surface area contributed by atoms with Crippen molar-refractivity contribution in [3.63, 3.8) is 0 Å². The Hall–Kier alpha value is -2.27. The lowest BCUT2D eigenvalue weighted by molar-refractivity contribution is -0.152. The Morgan fingerprint density at radius 2 is 1.63 bits per heavy atom. The molecule has 0 atom stereocenters. The van der Waals surface area contributed by atoms with Crippen LogP contribution in [0.15, 0.2) is 47.4 Å². The molecule has 0 N–H and O–H groups in total. The van der Waals surface area contributed by atoms with Gasteiger partial charge < -0.3 is 4.74 Å². The highest BCUT2D eigenvalue weighted by atomic mass is 32.2. The van der Waals surface area contributed by atoms with E-state index in [1.54, 1.807) is 11.8 Å². The molecule has 0 saturated carbocycles. The number of benzene rings is 2. The van der Waals surface area contributed by atoms with Crippen LogP contribution >= 0.6 is 11.8 Å². The van der Waals surface area contributed by atoms with Crippen molar-refractivity contribution in [3.05, 3.63) is 59.2 Å². The summed E-state index contributed by atoms with van der Waals surface area (Å²) in [6.45, 7) is 9.13. The average Bonchev–Trinajstić information content (AvgIpc) is 2.58. The normalized spacial score (nSPS) is 11.2. The van der Waals surface area contributed by atoms with Gasteiger partial charge in [0.15, 0.2) is 0 Å². The Labute approximate surface area is 165 Å². The molecule has 27 heavy (non-hydrogen) atoms. The predicted octanol–water partition coefficient (Wildman–Crippen LogP) is 5.01. The lowest BCUT2D eigenvalue weighted by atomic mass is 10.0. The number of rotatable bonds is 5. The van der Waals surface area contributed by atoms with Crippen molar-refractivity contribution < 1.29 is 14.3 Å². The van der Waals surface area contributed by atoms with Crippen LogP contribution in [0.25, 0.3) is 0 Å². The fourth-order valence-corrected chi connectivity index (χ4v) is 3.30. The minimum atomic E-state index is -0.606. The van der Waals surface area contributed by atoms with Gasteiger partial charge in [0.2, 0.25) is 0 Å². The van der Waals surface area contributed by atoms with E-state index in [0.29, 0.717) is 11.3 Å². The van der Waals surface area contributed by atoms with E-state index in [-0.39, 0.29) is 12.5 Å². The SMILES string of the molecule is CSc1cccc(N(CC(=O)OC(C)(C)C)C(=O)c2c(C)cccc2C)c1. The number of nitrogens with zero attached hydrogens (tertiary/aromatic N) is 1. The molecule has 4 nitrogen and oxygen atoms in total. The van der Waals surface area contributed by atoms with E-state index in [9.17, 15) is 9.59 Å². The van der Waals surface area contributed by atoms with Gasteiger partial charge in [-0.25, -0.2) is 0 Å². The zero-order valence-electron chi connectivity index (χ0n) is 16.8. The molecule has 0 fully saturated rings. The molecule has 144 valence electrons. The Bertz CT molecular complexity index is 819. The number of ether oxygens (including phenoxy) is 1. The third-order valence-electron chi connectivity index (χ3n) is 4.01. The van der Waals surface area contributed by atoms with Crippen LogP contribution in [0.5, 0.6) is 0 Å². The topological polar surface area (TPSA) is 46.6 Å². The first-order valence-electron chi connectivity index (χ1n) is 8.86. The van der Waals surface area contributed by atoms with E-state index >= 15 is 0 Å². The van der Waals surface area contributed by atoms with Gasteiger partial charge in [-0.3, -0.25) is 14.5 Å². The molecule has 0 aliphatic carbocycles. The number of carbonyl (C=O) groups excluding carboxylic acids is 2. The standard InChI is InChI=1S/C22H27NO3S/c1-15-9-7-10-16(2)20(15)21(25)23(14-19(24)26-22(3,4)5)17-11-8-12-18(13-17)27-6/h7-13H,14H2,1-6H3. The number of amides is 1. The van der Waals surface area contributed by atoms with Gasteiger partial charge in [-0.1, -0.05) is 24.3 Å². The summed E-state index contributed by atoms with van der Waals surface area (Å²) < 4.78 is 5.45. The van der Waals surface area contributed by atoms with Crippen LogP contribution in [0.2, 0.25) is 0 Å². The molecule has 0 aromatic heterocycles. The van der Waals surface area contributed by atoms with Gasteiger partial charge in [-0.2, -0.15) is 0 Å². The van der Waals surface area contributed by atoms with Gasteiger partial charge >= 0.3 is 5.97 Å². The summed E-state index contributed by atoms with van der Waals surface area (Å²) in [6.07, 6.45) is 1.98. The molecule has 5 heteroatoms. The number of hydrogen-bond acceptors (Lipinski definition) is 4. The number of esters is 1. The van der Waals surface area contributed by atoms with Gasteiger partial charge in [0, 0.05) is 16.1 Å². The fraction of sp³-hybridized carbons (Fsp3) is 0.364. The molecule has 0 aliphatic rings. The molecule has 0 radical (unpaired) electrons. The third-order valence-corrected chi connectivity index (χ3v) is 4.74. The van der Waals surface area contributed by atoms with Gasteiger partial charge in [0.1, 0.15) is 12.1 Å². The van der Waals surface area contributed by atoms with E-state index in [4.69, 9.17) is 4.74 Å². The molecule has 0 unspecified atom stereocenters. The summed E-state index contributed by atoms with van der Waals surface area (Å²) in [6, 6.07) is 13.4. The second-order valence-corrected chi connectivity index (χ2v) is 8.33. The van der Waals surface area contributed by atoms with Crippen molar-refractivity contribution in [1.82, 2.24) is 0 Å². The summed E-state index contributed by atoms with van der Waals surface area (Å²) in [4.78, 5) is 28.4. The van der Waals surface area contributed by atoms with Crippen molar-refractivity contribution in [2.24, 2.45) is 0 Å². The maximum absolute atomic E-state index is 13.4. The number of anilines is 1. The van der Waals surface area contributed by atoms with Crippen LogP contribution < -0.4 is 4.90 Å². The van der Waals surface area contributed by atoms with Crippen molar-refractivity contribution >= 4 is 29.3 Å². The largest absolute Gasteiger partial charge is 0.459 e. The minimum absolute atomic E-state index is 0.137. The highest BCUT2D eigenvalue weighted by Gasteiger charge is 2.26. The first-order chi connectivity index (χ1) is 12.6.